The summed E-state index contributed by atoms with van der Waals surface area (Å²) in [6.07, 6.45) is 13.1. The Morgan fingerprint density at radius 2 is 1.76 bits per heavy atom. The first-order chi connectivity index (χ1) is 17.6. The van der Waals surface area contributed by atoms with Crippen LogP contribution in [0.1, 0.15) is 71.3 Å². The van der Waals surface area contributed by atoms with Crippen molar-refractivity contribution >= 4 is 10.1 Å². The molecule has 1 aromatic rings. The molecule has 0 N–H and O–H groups in total. The van der Waals surface area contributed by atoms with Crippen LogP contribution in [0.4, 0.5) is 0 Å². The molecule has 0 unspecified atom stereocenters. The fourth-order valence-corrected chi connectivity index (χ4v) is 9.34. The van der Waals surface area contributed by atoms with Crippen molar-refractivity contribution in [3.8, 4) is 0 Å². The molecule has 0 aliphatic heterocycles. The first-order valence-corrected chi connectivity index (χ1v) is 15.5. The highest BCUT2D eigenvalue weighted by atomic mass is 32.2. The maximum absolute atomic E-state index is 12.8. The zero-order chi connectivity index (χ0) is 26.4. The third-order valence-electron chi connectivity index (χ3n) is 10.5. The van der Waals surface area contributed by atoms with E-state index in [0.717, 1.165) is 24.8 Å². The maximum Gasteiger partial charge on any atom is 0.296 e. The monoisotopic (exact) mass is 528 g/mol. The molecule has 0 amide bonds. The zero-order valence-corrected chi connectivity index (χ0v) is 24.0. The SMILES string of the molecule is COCO[C@H]1CC[C@@]2(C)C(=CC=C3[C@@H]4CC[C@H]([C@H](C)COS(=O)(=O)c5ccc(C)cc5)[C@@]4(C)CC[C@@H]32)C1. The van der Waals surface area contributed by atoms with E-state index < -0.39 is 10.1 Å². The topological polar surface area (TPSA) is 61.8 Å². The van der Waals surface area contributed by atoms with Crippen molar-refractivity contribution in [2.45, 2.75) is 83.6 Å². The van der Waals surface area contributed by atoms with E-state index in [1.54, 1.807) is 30.4 Å². The van der Waals surface area contributed by atoms with Gasteiger partial charge in [-0.05, 0) is 98.5 Å². The molecule has 1 aromatic carbocycles. The van der Waals surface area contributed by atoms with Gasteiger partial charge in [0, 0.05) is 7.11 Å². The van der Waals surface area contributed by atoms with Gasteiger partial charge in [0.15, 0.2) is 0 Å². The van der Waals surface area contributed by atoms with Crippen LogP contribution in [0.2, 0.25) is 0 Å². The first-order valence-electron chi connectivity index (χ1n) is 14.1. The number of ether oxygens (including phenoxy) is 2. The smallest absolute Gasteiger partial charge is 0.296 e. The highest BCUT2D eigenvalue weighted by Gasteiger charge is 2.57. The van der Waals surface area contributed by atoms with Gasteiger partial charge in [0.2, 0.25) is 0 Å². The number of benzene rings is 1. The molecule has 0 bridgehead atoms. The van der Waals surface area contributed by atoms with Crippen LogP contribution in [0.3, 0.4) is 0 Å². The Kier molecular flexibility index (Phi) is 7.51. The number of allylic oxidation sites excluding steroid dienone is 3. The van der Waals surface area contributed by atoms with E-state index in [0.29, 0.717) is 24.5 Å². The van der Waals surface area contributed by atoms with Gasteiger partial charge in [-0.2, -0.15) is 8.42 Å². The molecule has 5 rings (SSSR count). The Morgan fingerprint density at radius 3 is 2.49 bits per heavy atom. The summed E-state index contributed by atoms with van der Waals surface area (Å²) in [6.45, 7) is 9.71. The molecule has 0 heterocycles. The molecule has 5 nitrogen and oxygen atoms in total. The Balaban J connectivity index is 1.29. The minimum Gasteiger partial charge on any atom is -0.359 e. The second kappa shape index (κ2) is 10.3. The number of hydrogen-bond acceptors (Lipinski definition) is 5. The summed E-state index contributed by atoms with van der Waals surface area (Å²) >= 11 is 0. The number of rotatable bonds is 8. The summed E-state index contributed by atoms with van der Waals surface area (Å²) in [4.78, 5) is 0.242. The predicted molar refractivity (Wildman–Crippen MR) is 145 cm³/mol. The molecule has 0 saturated heterocycles. The van der Waals surface area contributed by atoms with Crippen molar-refractivity contribution in [1.82, 2.24) is 0 Å². The van der Waals surface area contributed by atoms with Gasteiger partial charge >= 0.3 is 0 Å². The highest BCUT2D eigenvalue weighted by molar-refractivity contribution is 7.86. The molecule has 37 heavy (non-hydrogen) atoms. The van der Waals surface area contributed by atoms with Crippen LogP contribution in [0, 0.1) is 41.4 Å². The second-order valence-corrected chi connectivity index (χ2v) is 14.2. The molecule has 0 aromatic heterocycles. The fraction of sp³-hybridized carbons (Fsp3) is 0.677. The standard InChI is InChI=1S/C31H44O5S/c1-21-6-9-25(10-7-21)37(32,33)36-19-22(2)27-12-13-28-26-11-8-23-18-24(35-20-34-5)14-16-30(23,3)29(26)15-17-31(27,28)4/h6-11,22,24,27-29H,12-20H2,1-5H3/t22-,24+,27-,28+,29+,30+,31-/m1/s1. The molecule has 204 valence electrons. The number of aryl methyl sites for hydroxylation is 1. The average Bonchev–Trinajstić information content (AvgIpc) is 3.23. The average molecular weight is 529 g/mol. The van der Waals surface area contributed by atoms with Gasteiger partial charge in [-0.25, -0.2) is 0 Å². The van der Waals surface area contributed by atoms with E-state index in [2.05, 4.69) is 32.9 Å². The molecule has 3 saturated carbocycles. The lowest BCUT2D eigenvalue weighted by atomic mass is 9.50. The van der Waals surface area contributed by atoms with E-state index in [1.807, 2.05) is 19.1 Å². The van der Waals surface area contributed by atoms with Gasteiger partial charge in [-0.3, -0.25) is 4.18 Å². The third kappa shape index (κ3) is 4.88. The normalized spacial score (nSPS) is 36.1. The van der Waals surface area contributed by atoms with Crippen molar-refractivity contribution < 1.29 is 22.1 Å². The van der Waals surface area contributed by atoms with Gasteiger partial charge in [-0.1, -0.05) is 61.8 Å². The van der Waals surface area contributed by atoms with Gasteiger partial charge in [0.1, 0.15) is 6.79 Å². The van der Waals surface area contributed by atoms with Gasteiger partial charge in [0.25, 0.3) is 10.1 Å². The van der Waals surface area contributed by atoms with Crippen LogP contribution in [0.15, 0.2) is 52.5 Å². The molecule has 0 spiro atoms. The van der Waals surface area contributed by atoms with Gasteiger partial charge in [-0.15, -0.1) is 0 Å². The fourth-order valence-electron chi connectivity index (χ4n) is 8.34. The van der Waals surface area contributed by atoms with E-state index in [1.165, 1.54) is 25.7 Å². The Morgan fingerprint density at radius 1 is 1.00 bits per heavy atom. The largest absolute Gasteiger partial charge is 0.359 e. The lowest BCUT2D eigenvalue weighted by molar-refractivity contribution is -0.0865. The van der Waals surface area contributed by atoms with Crippen molar-refractivity contribution in [2.75, 3.05) is 20.5 Å². The van der Waals surface area contributed by atoms with Crippen LogP contribution in [0.25, 0.3) is 0 Å². The number of hydrogen-bond donors (Lipinski definition) is 0. The van der Waals surface area contributed by atoms with E-state index in [4.69, 9.17) is 13.7 Å². The van der Waals surface area contributed by atoms with Crippen molar-refractivity contribution in [1.29, 1.82) is 0 Å². The van der Waals surface area contributed by atoms with E-state index >= 15 is 0 Å². The quantitative estimate of drug-likeness (QED) is 0.274. The Bertz CT molecular complexity index is 1150. The van der Waals surface area contributed by atoms with E-state index in [-0.39, 0.29) is 34.4 Å². The molecule has 3 fully saturated rings. The molecule has 6 heteroatoms. The van der Waals surface area contributed by atoms with Gasteiger partial charge in [0.05, 0.1) is 17.6 Å². The van der Waals surface area contributed by atoms with Crippen LogP contribution < -0.4 is 0 Å². The third-order valence-corrected chi connectivity index (χ3v) is 11.8. The highest BCUT2D eigenvalue weighted by Crippen LogP contribution is 2.66. The second-order valence-electron chi connectivity index (χ2n) is 12.6. The first kappa shape index (κ1) is 27.1. The van der Waals surface area contributed by atoms with Crippen molar-refractivity contribution in [3.05, 3.63) is 53.1 Å². The molecule has 4 aliphatic carbocycles. The molecule has 7 atom stereocenters. The molecular weight excluding hydrogens is 484 g/mol. The lowest BCUT2D eigenvalue weighted by Gasteiger charge is -2.55. The molecule has 4 aliphatic rings. The van der Waals surface area contributed by atoms with Crippen LogP contribution in [-0.4, -0.2) is 35.0 Å². The summed E-state index contributed by atoms with van der Waals surface area (Å²) < 4.78 is 42.3. The van der Waals surface area contributed by atoms with Crippen LogP contribution >= 0.6 is 0 Å². The lowest BCUT2D eigenvalue weighted by Crippen LogP contribution is -2.47. The van der Waals surface area contributed by atoms with Gasteiger partial charge < -0.3 is 9.47 Å². The summed E-state index contributed by atoms with van der Waals surface area (Å²) in [6, 6.07) is 6.91. The number of methoxy groups -OCH3 is 1. The van der Waals surface area contributed by atoms with Crippen LogP contribution in [-0.2, 0) is 23.8 Å². The van der Waals surface area contributed by atoms with Crippen molar-refractivity contribution in [3.63, 3.8) is 0 Å². The summed E-state index contributed by atoms with van der Waals surface area (Å²) in [5, 5.41) is 0. The summed E-state index contributed by atoms with van der Waals surface area (Å²) in [5.41, 5.74) is 4.66. The summed E-state index contributed by atoms with van der Waals surface area (Å²) in [5.74, 6) is 1.83. The maximum atomic E-state index is 12.8. The minimum absolute atomic E-state index is 0.186. The minimum atomic E-state index is -3.74. The van der Waals surface area contributed by atoms with E-state index in [9.17, 15) is 8.42 Å². The predicted octanol–water partition coefficient (Wildman–Crippen LogP) is 6.82. The molecular formula is C31H44O5S. The zero-order valence-electron chi connectivity index (χ0n) is 23.2. The number of fused-ring (bicyclic) bond motifs is 5. The van der Waals surface area contributed by atoms with Crippen molar-refractivity contribution in [2.24, 2.45) is 34.5 Å². The Hall–Kier alpha value is -1.47. The Labute approximate surface area is 223 Å². The molecule has 0 radical (unpaired) electrons. The van der Waals surface area contributed by atoms with Crippen LogP contribution in [0.5, 0.6) is 0 Å². The summed E-state index contributed by atoms with van der Waals surface area (Å²) in [7, 11) is -2.05.